The highest BCUT2D eigenvalue weighted by atomic mass is 16.5. The molecule has 4 rings (SSSR count). The van der Waals surface area contributed by atoms with E-state index in [-0.39, 0.29) is 5.60 Å². The molecule has 0 saturated carbocycles. The normalized spacial score (nSPS) is 21.0. The van der Waals surface area contributed by atoms with Gasteiger partial charge in [0.1, 0.15) is 5.69 Å². The van der Waals surface area contributed by atoms with Crippen LogP contribution in [-0.2, 0) is 11.3 Å². The number of likely N-dealkylation sites (tertiary alicyclic amines) is 1. The van der Waals surface area contributed by atoms with Gasteiger partial charge in [-0.05, 0) is 38.3 Å². The Kier molecular flexibility index (Phi) is 4.21. The average Bonchev–Trinajstić information content (AvgIpc) is 3.07. The number of hydrogen-bond acceptors (Lipinski definition) is 5. The summed E-state index contributed by atoms with van der Waals surface area (Å²) in [7, 11) is 0. The molecule has 0 aromatic carbocycles. The number of piperidine rings is 1. The monoisotopic (exact) mass is 325 g/mol. The van der Waals surface area contributed by atoms with Crippen LogP contribution in [0.15, 0.2) is 46.8 Å². The van der Waals surface area contributed by atoms with Gasteiger partial charge in [0, 0.05) is 37.1 Å². The lowest BCUT2D eigenvalue weighted by molar-refractivity contribution is -0.0585. The topological polar surface area (TPSA) is 51.4 Å². The van der Waals surface area contributed by atoms with E-state index in [9.17, 15) is 0 Å². The number of hydrogen-bond donors (Lipinski definition) is 0. The molecule has 1 fully saturated rings. The van der Waals surface area contributed by atoms with Crippen LogP contribution in [0.3, 0.4) is 0 Å². The molecule has 0 amide bonds. The quantitative estimate of drug-likeness (QED) is 0.809. The fourth-order valence-corrected chi connectivity index (χ4v) is 3.61. The number of pyridine rings is 1. The summed E-state index contributed by atoms with van der Waals surface area (Å²) in [5, 5.41) is 4.17. The predicted molar refractivity (Wildman–Crippen MR) is 91.3 cm³/mol. The maximum atomic E-state index is 6.09. The lowest BCUT2D eigenvalue weighted by atomic mass is 9.87. The fourth-order valence-electron chi connectivity index (χ4n) is 3.61. The Labute approximate surface area is 142 Å². The third kappa shape index (κ3) is 3.28. The Bertz CT molecular complexity index is 715. The zero-order valence-corrected chi connectivity index (χ0v) is 14.1. The molecule has 2 aliphatic rings. The zero-order valence-electron chi connectivity index (χ0n) is 14.1. The Morgan fingerprint density at radius 1 is 1.29 bits per heavy atom. The summed E-state index contributed by atoms with van der Waals surface area (Å²) in [4.78, 5) is 6.55. The lowest BCUT2D eigenvalue weighted by Gasteiger charge is -2.41. The third-order valence-electron chi connectivity index (χ3n) is 4.99. The van der Waals surface area contributed by atoms with Gasteiger partial charge < -0.3 is 9.26 Å². The molecule has 2 aromatic rings. The van der Waals surface area contributed by atoms with Gasteiger partial charge in [-0.2, -0.15) is 0 Å². The highest BCUT2D eigenvalue weighted by molar-refractivity contribution is 5.57. The Hall–Kier alpha value is -1.98. The molecule has 0 radical (unpaired) electrons. The van der Waals surface area contributed by atoms with Gasteiger partial charge in [-0.1, -0.05) is 16.8 Å². The van der Waals surface area contributed by atoms with E-state index in [0.717, 1.165) is 62.5 Å². The van der Waals surface area contributed by atoms with Crippen molar-refractivity contribution >= 4 is 0 Å². The molecular formula is C19H23N3O2. The van der Waals surface area contributed by atoms with Crippen LogP contribution in [-0.4, -0.2) is 40.3 Å². The largest absolute Gasteiger partial charge is 0.370 e. The van der Waals surface area contributed by atoms with E-state index in [1.165, 1.54) is 5.57 Å². The van der Waals surface area contributed by atoms with Crippen LogP contribution in [0.2, 0.25) is 0 Å². The average molecular weight is 325 g/mol. The Balaban J connectivity index is 1.38. The van der Waals surface area contributed by atoms with Crippen molar-refractivity contribution in [1.82, 2.24) is 15.0 Å². The Morgan fingerprint density at radius 2 is 2.17 bits per heavy atom. The van der Waals surface area contributed by atoms with Gasteiger partial charge in [-0.15, -0.1) is 0 Å². The van der Waals surface area contributed by atoms with Crippen LogP contribution >= 0.6 is 0 Å². The van der Waals surface area contributed by atoms with E-state index in [0.29, 0.717) is 0 Å². The molecule has 0 aliphatic carbocycles. The molecule has 0 bridgehead atoms. The number of rotatable bonds is 3. The third-order valence-corrected chi connectivity index (χ3v) is 4.99. The maximum Gasteiger partial charge on any atom is 0.151 e. The maximum absolute atomic E-state index is 6.09. The second kappa shape index (κ2) is 6.49. The first-order valence-corrected chi connectivity index (χ1v) is 8.63. The lowest BCUT2D eigenvalue weighted by Crippen LogP contribution is -2.46. The van der Waals surface area contributed by atoms with Gasteiger partial charge in [0.2, 0.25) is 0 Å². The number of aromatic nitrogens is 2. The summed E-state index contributed by atoms with van der Waals surface area (Å²) in [5.74, 6) is 0.904. The van der Waals surface area contributed by atoms with Gasteiger partial charge in [0.15, 0.2) is 5.76 Å². The van der Waals surface area contributed by atoms with Crippen molar-refractivity contribution in [3.63, 3.8) is 0 Å². The highest BCUT2D eigenvalue weighted by Crippen LogP contribution is 2.33. The fraction of sp³-hybridized carbons (Fsp3) is 0.474. The van der Waals surface area contributed by atoms with Crippen LogP contribution in [0.4, 0.5) is 0 Å². The summed E-state index contributed by atoms with van der Waals surface area (Å²) in [6, 6.07) is 5.92. The molecule has 4 heterocycles. The summed E-state index contributed by atoms with van der Waals surface area (Å²) in [6.07, 6.45) is 9.09. The van der Waals surface area contributed by atoms with Crippen LogP contribution in [0.1, 0.15) is 31.9 Å². The molecule has 0 unspecified atom stereocenters. The minimum Gasteiger partial charge on any atom is -0.370 e. The van der Waals surface area contributed by atoms with Crippen molar-refractivity contribution in [2.24, 2.45) is 0 Å². The highest BCUT2D eigenvalue weighted by Gasteiger charge is 2.35. The summed E-state index contributed by atoms with van der Waals surface area (Å²) >= 11 is 0. The summed E-state index contributed by atoms with van der Waals surface area (Å²) < 4.78 is 11.6. The first-order chi connectivity index (χ1) is 11.7. The smallest absolute Gasteiger partial charge is 0.151 e. The van der Waals surface area contributed by atoms with Gasteiger partial charge in [-0.3, -0.25) is 9.88 Å². The second-order valence-electron chi connectivity index (χ2n) is 6.85. The summed E-state index contributed by atoms with van der Waals surface area (Å²) in [5.41, 5.74) is 3.27. The van der Waals surface area contributed by atoms with Gasteiger partial charge >= 0.3 is 0 Å². The number of nitrogens with zero attached hydrogens (tertiary/aromatic N) is 3. The molecule has 2 aromatic heterocycles. The van der Waals surface area contributed by atoms with Crippen molar-refractivity contribution in [3.8, 4) is 11.3 Å². The van der Waals surface area contributed by atoms with Gasteiger partial charge in [-0.25, -0.2) is 0 Å². The number of ether oxygens (including phenoxy) is 1. The van der Waals surface area contributed by atoms with Crippen molar-refractivity contribution in [2.45, 2.75) is 38.3 Å². The van der Waals surface area contributed by atoms with E-state index in [1.807, 2.05) is 18.2 Å². The molecule has 1 spiro atoms. The van der Waals surface area contributed by atoms with Gasteiger partial charge in [0.05, 0.1) is 18.8 Å². The van der Waals surface area contributed by atoms with Crippen molar-refractivity contribution < 1.29 is 9.26 Å². The zero-order chi connectivity index (χ0) is 16.4. The second-order valence-corrected chi connectivity index (χ2v) is 6.85. The van der Waals surface area contributed by atoms with Crippen LogP contribution in [0, 0.1) is 0 Å². The Morgan fingerprint density at radius 3 is 2.92 bits per heavy atom. The molecule has 0 atom stereocenters. The van der Waals surface area contributed by atoms with Gasteiger partial charge in [0.25, 0.3) is 0 Å². The molecule has 5 nitrogen and oxygen atoms in total. The molecule has 24 heavy (non-hydrogen) atoms. The first-order valence-electron chi connectivity index (χ1n) is 8.63. The molecule has 5 heteroatoms. The molecule has 2 aliphatic heterocycles. The minimum absolute atomic E-state index is 0.0267. The van der Waals surface area contributed by atoms with E-state index >= 15 is 0 Å². The van der Waals surface area contributed by atoms with Crippen LogP contribution in [0.5, 0.6) is 0 Å². The van der Waals surface area contributed by atoms with Crippen LogP contribution in [0.25, 0.3) is 11.3 Å². The standard InChI is InChI=1S/C19H23N3O2/c1-15-4-10-23-19(12-15)5-8-22(9-6-19)14-17-11-18(21-24-17)16-3-2-7-20-13-16/h2-3,7,11-13H,4-6,8-10,14H2,1H3. The van der Waals surface area contributed by atoms with E-state index in [1.54, 1.807) is 12.4 Å². The van der Waals surface area contributed by atoms with Crippen molar-refractivity contribution in [1.29, 1.82) is 0 Å². The van der Waals surface area contributed by atoms with E-state index in [4.69, 9.17) is 9.26 Å². The molecule has 0 N–H and O–H groups in total. The van der Waals surface area contributed by atoms with Crippen molar-refractivity contribution in [2.75, 3.05) is 19.7 Å². The summed E-state index contributed by atoms with van der Waals surface area (Å²) in [6.45, 7) is 5.91. The van der Waals surface area contributed by atoms with E-state index < -0.39 is 0 Å². The first kappa shape index (κ1) is 15.5. The van der Waals surface area contributed by atoms with E-state index in [2.05, 4.69) is 28.0 Å². The molecule has 126 valence electrons. The predicted octanol–water partition coefficient (Wildman–Crippen LogP) is 3.44. The van der Waals surface area contributed by atoms with Crippen molar-refractivity contribution in [3.05, 3.63) is 48.0 Å². The minimum atomic E-state index is -0.0267. The SMILES string of the molecule is CC1=CC2(CCN(Cc3cc(-c4cccnc4)no3)CC2)OCC1. The molecular weight excluding hydrogens is 302 g/mol. The van der Waals surface area contributed by atoms with Crippen LogP contribution < -0.4 is 0 Å². The molecule has 1 saturated heterocycles.